The van der Waals surface area contributed by atoms with Gasteiger partial charge in [0.2, 0.25) is 0 Å². The van der Waals surface area contributed by atoms with Crippen LogP contribution in [0.4, 0.5) is 0 Å². The van der Waals surface area contributed by atoms with Crippen LogP contribution in [-0.4, -0.2) is 24.5 Å². The molecule has 1 aromatic carbocycles. The largest absolute Gasteiger partial charge is 0.329 e. The van der Waals surface area contributed by atoms with Crippen LogP contribution < -0.4 is 5.73 Å². The average Bonchev–Trinajstić information content (AvgIpc) is 2.28. The summed E-state index contributed by atoms with van der Waals surface area (Å²) >= 11 is 0. The lowest BCUT2D eigenvalue weighted by atomic mass is 9.98. The van der Waals surface area contributed by atoms with E-state index in [-0.39, 0.29) is 0 Å². The van der Waals surface area contributed by atoms with Crippen LogP contribution in [0.25, 0.3) is 0 Å². The summed E-state index contributed by atoms with van der Waals surface area (Å²) < 4.78 is 0. The van der Waals surface area contributed by atoms with Gasteiger partial charge in [0.05, 0.1) is 0 Å². The zero-order valence-corrected chi connectivity index (χ0v) is 11.8. The number of nitrogens with zero attached hydrogens (tertiary/aromatic N) is 1. The highest BCUT2D eigenvalue weighted by Crippen LogP contribution is 2.23. The Kier molecular flexibility index (Phi) is 5.16. The molecule has 0 aliphatic heterocycles. The normalized spacial score (nSPS) is 15.3. The molecule has 0 heterocycles. The van der Waals surface area contributed by atoms with Crippen molar-refractivity contribution in [1.29, 1.82) is 0 Å². The Morgan fingerprint density at radius 3 is 2.35 bits per heavy atom. The predicted molar refractivity (Wildman–Crippen MR) is 75.0 cm³/mol. The molecule has 1 rings (SSSR count). The molecule has 0 aromatic heterocycles. The molecule has 1 aromatic rings. The summed E-state index contributed by atoms with van der Waals surface area (Å²) in [6.07, 6.45) is 0. The van der Waals surface area contributed by atoms with Gasteiger partial charge in [-0.1, -0.05) is 43.7 Å². The van der Waals surface area contributed by atoms with E-state index < -0.39 is 0 Å². The Labute approximate surface area is 106 Å². The molecule has 0 spiro atoms. The highest BCUT2D eigenvalue weighted by molar-refractivity contribution is 5.25. The van der Waals surface area contributed by atoms with E-state index in [0.29, 0.717) is 24.5 Å². The van der Waals surface area contributed by atoms with Crippen molar-refractivity contribution in [1.82, 2.24) is 4.90 Å². The third kappa shape index (κ3) is 3.55. The van der Waals surface area contributed by atoms with Crippen molar-refractivity contribution >= 4 is 0 Å². The van der Waals surface area contributed by atoms with Gasteiger partial charge in [-0.3, -0.25) is 4.90 Å². The molecule has 0 radical (unpaired) electrons. The number of rotatable bonds is 5. The van der Waals surface area contributed by atoms with Crippen molar-refractivity contribution in [3.05, 3.63) is 35.4 Å². The van der Waals surface area contributed by atoms with Crippen LogP contribution >= 0.6 is 0 Å². The smallest absolute Gasteiger partial charge is 0.0470 e. The SMILES string of the molecule is Cc1cccc(C(CN)N(C)C(C)C(C)C)c1. The van der Waals surface area contributed by atoms with Crippen LogP contribution in [0.1, 0.15) is 37.9 Å². The van der Waals surface area contributed by atoms with Crippen LogP contribution in [-0.2, 0) is 0 Å². The topological polar surface area (TPSA) is 29.3 Å². The monoisotopic (exact) mass is 234 g/mol. The summed E-state index contributed by atoms with van der Waals surface area (Å²) in [6.45, 7) is 9.57. The van der Waals surface area contributed by atoms with Gasteiger partial charge in [0.25, 0.3) is 0 Å². The molecular formula is C15H26N2. The van der Waals surface area contributed by atoms with Gasteiger partial charge >= 0.3 is 0 Å². The Balaban J connectivity index is 2.91. The van der Waals surface area contributed by atoms with E-state index in [0.717, 1.165) is 0 Å². The van der Waals surface area contributed by atoms with Crippen molar-refractivity contribution in [3.8, 4) is 0 Å². The average molecular weight is 234 g/mol. The quantitative estimate of drug-likeness (QED) is 0.848. The second kappa shape index (κ2) is 6.18. The van der Waals surface area contributed by atoms with Crippen molar-refractivity contribution < 1.29 is 0 Å². The van der Waals surface area contributed by atoms with Gasteiger partial charge in [-0.15, -0.1) is 0 Å². The number of hydrogen-bond donors (Lipinski definition) is 1. The van der Waals surface area contributed by atoms with E-state index in [2.05, 4.69) is 63.9 Å². The first kappa shape index (κ1) is 14.2. The first-order valence-electron chi connectivity index (χ1n) is 6.46. The molecule has 2 atom stereocenters. The van der Waals surface area contributed by atoms with Crippen LogP contribution in [0, 0.1) is 12.8 Å². The van der Waals surface area contributed by atoms with Crippen molar-refractivity contribution in [3.63, 3.8) is 0 Å². The molecule has 0 aliphatic carbocycles. The van der Waals surface area contributed by atoms with Crippen molar-refractivity contribution in [2.45, 2.75) is 39.8 Å². The zero-order chi connectivity index (χ0) is 13.0. The molecule has 0 aliphatic rings. The lowest BCUT2D eigenvalue weighted by molar-refractivity contribution is 0.152. The van der Waals surface area contributed by atoms with Gasteiger partial charge in [-0.05, 0) is 32.4 Å². The minimum Gasteiger partial charge on any atom is -0.329 e. The number of hydrogen-bond acceptors (Lipinski definition) is 2. The van der Waals surface area contributed by atoms with Gasteiger partial charge in [-0.2, -0.15) is 0 Å². The van der Waals surface area contributed by atoms with Gasteiger partial charge in [0, 0.05) is 18.6 Å². The minimum absolute atomic E-state index is 0.312. The van der Waals surface area contributed by atoms with Gasteiger partial charge in [0.15, 0.2) is 0 Å². The first-order chi connectivity index (χ1) is 7.97. The number of nitrogens with two attached hydrogens (primary N) is 1. The fourth-order valence-electron chi connectivity index (χ4n) is 2.17. The van der Waals surface area contributed by atoms with E-state index >= 15 is 0 Å². The van der Waals surface area contributed by atoms with E-state index in [4.69, 9.17) is 5.73 Å². The molecule has 0 amide bonds. The number of benzene rings is 1. The number of aryl methyl sites for hydroxylation is 1. The van der Waals surface area contributed by atoms with Crippen LogP contribution in [0.5, 0.6) is 0 Å². The summed E-state index contributed by atoms with van der Waals surface area (Å²) in [6, 6.07) is 9.50. The van der Waals surface area contributed by atoms with Crippen LogP contribution in [0.15, 0.2) is 24.3 Å². The summed E-state index contributed by atoms with van der Waals surface area (Å²) in [4.78, 5) is 2.39. The van der Waals surface area contributed by atoms with Gasteiger partial charge in [0.1, 0.15) is 0 Å². The lowest BCUT2D eigenvalue weighted by Crippen LogP contribution is -2.39. The van der Waals surface area contributed by atoms with Crippen molar-refractivity contribution in [2.75, 3.05) is 13.6 Å². The minimum atomic E-state index is 0.312. The summed E-state index contributed by atoms with van der Waals surface area (Å²) in [5.74, 6) is 0.638. The standard InChI is InChI=1S/C15H26N2/c1-11(2)13(4)17(5)15(10-16)14-8-6-7-12(3)9-14/h6-9,11,13,15H,10,16H2,1-5H3. The Bertz CT molecular complexity index is 347. The molecule has 2 nitrogen and oxygen atoms in total. The summed E-state index contributed by atoms with van der Waals surface area (Å²) in [5.41, 5.74) is 8.57. The third-order valence-electron chi connectivity index (χ3n) is 3.75. The van der Waals surface area contributed by atoms with E-state index in [1.165, 1.54) is 11.1 Å². The van der Waals surface area contributed by atoms with E-state index in [9.17, 15) is 0 Å². The molecule has 2 unspecified atom stereocenters. The molecule has 2 heteroatoms. The van der Waals surface area contributed by atoms with Gasteiger partial charge in [-0.25, -0.2) is 0 Å². The van der Waals surface area contributed by atoms with E-state index in [1.807, 2.05) is 0 Å². The second-order valence-electron chi connectivity index (χ2n) is 5.32. The molecule has 0 saturated heterocycles. The highest BCUT2D eigenvalue weighted by atomic mass is 15.2. The van der Waals surface area contributed by atoms with Crippen LogP contribution in [0.2, 0.25) is 0 Å². The summed E-state index contributed by atoms with van der Waals surface area (Å²) in [7, 11) is 2.17. The number of likely N-dealkylation sites (N-methyl/N-ethyl adjacent to an activating group) is 1. The molecule has 17 heavy (non-hydrogen) atoms. The van der Waals surface area contributed by atoms with E-state index in [1.54, 1.807) is 0 Å². The van der Waals surface area contributed by atoms with Crippen LogP contribution in [0.3, 0.4) is 0 Å². The molecule has 0 fully saturated rings. The molecule has 0 saturated carbocycles. The lowest BCUT2D eigenvalue weighted by Gasteiger charge is -2.35. The second-order valence-corrected chi connectivity index (χ2v) is 5.32. The highest BCUT2D eigenvalue weighted by Gasteiger charge is 2.22. The van der Waals surface area contributed by atoms with Crippen molar-refractivity contribution in [2.24, 2.45) is 11.7 Å². The summed E-state index contributed by atoms with van der Waals surface area (Å²) in [5, 5.41) is 0. The first-order valence-corrected chi connectivity index (χ1v) is 6.46. The molecule has 96 valence electrons. The Morgan fingerprint density at radius 1 is 1.24 bits per heavy atom. The maximum Gasteiger partial charge on any atom is 0.0470 e. The zero-order valence-electron chi connectivity index (χ0n) is 11.8. The molecule has 0 bridgehead atoms. The molecule has 2 N–H and O–H groups in total. The fourth-order valence-corrected chi connectivity index (χ4v) is 2.17. The van der Waals surface area contributed by atoms with Gasteiger partial charge < -0.3 is 5.73 Å². The predicted octanol–water partition coefficient (Wildman–Crippen LogP) is 2.97. The Morgan fingerprint density at radius 2 is 1.88 bits per heavy atom. The third-order valence-corrected chi connectivity index (χ3v) is 3.75. The maximum absolute atomic E-state index is 5.95. The Hall–Kier alpha value is -0.860. The maximum atomic E-state index is 5.95. The fraction of sp³-hybridized carbons (Fsp3) is 0.600. The molecular weight excluding hydrogens is 208 g/mol.